The van der Waals surface area contributed by atoms with Crippen molar-refractivity contribution in [2.24, 2.45) is 0 Å². The van der Waals surface area contributed by atoms with Gasteiger partial charge in [-0.05, 0) is 0 Å². The van der Waals surface area contributed by atoms with Crippen molar-refractivity contribution in [3.63, 3.8) is 0 Å². The zero-order valence-corrected chi connectivity index (χ0v) is 14.3. The molecule has 0 aliphatic heterocycles. The number of sulfonamides is 3. The molecule has 10 nitrogen and oxygen atoms in total. The van der Waals surface area contributed by atoms with Crippen molar-refractivity contribution < 1.29 is 69.3 Å². The van der Waals surface area contributed by atoms with E-state index in [1.54, 1.807) is 0 Å². The molecule has 3 N–H and O–H groups in total. The molecule has 0 aromatic heterocycles. The largest absolute Gasteiger partial charge is 0.511 e. The third kappa shape index (κ3) is 5.92. The molecule has 0 saturated heterocycles. The quantitative estimate of drug-likeness (QED) is 0.359. The highest BCUT2D eigenvalue weighted by molar-refractivity contribution is 8.05. The zero-order chi connectivity index (χ0) is 21.6. The van der Waals surface area contributed by atoms with Crippen LogP contribution in [0.1, 0.15) is 0 Å². The van der Waals surface area contributed by atoms with E-state index in [1.807, 2.05) is 0 Å². The molecule has 0 spiro atoms. The monoisotopic (exact) mass is 491 g/mol. The topological polar surface area (TPSA) is 156 Å². The molecule has 0 amide bonds. The van der Waals surface area contributed by atoms with E-state index in [0.29, 0.717) is 0 Å². The Morgan fingerprint density at radius 2 is 0.654 bits per heavy atom. The van der Waals surface area contributed by atoms with Gasteiger partial charge in [0.2, 0.25) is 0 Å². The highest BCUT2D eigenvalue weighted by Gasteiger charge is 2.57. The molecule has 0 heterocycles. The first kappa shape index (κ1) is 25.3. The standard InChI is InChI=1S/C3H3F9N3O7PS3/c4-1(5,6)24(17,18)13-23(16,14-25(19,20)2(7,8)9)15-26(21,22)3(10,11)12/h(H3,13,14,15,16). The smallest absolute Gasteiger partial charge is 0.268 e. The van der Waals surface area contributed by atoms with Gasteiger partial charge < -0.3 is 0 Å². The maximum absolute atomic E-state index is 12.1. The maximum Gasteiger partial charge on any atom is 0.511 e. The van der Waals surface area contributed by atoms with Crippen LogP contribution in [-0.4, -0.2) is 41.8 Å². The van der Waals surface area contributed by atoms with Gasteiger partial charge in [0.25, 0.3) is 0 Å². The predicted octanol–water partition coefficient (Wildman–Crippen LogP) is 0.412. The summed E-state index contributed by atoms with van der Waals surface area (Å²) in [5, 5.41) is 0. The number of hydrogen-bond donors (Lipinski definition) is 3. The molecule has 0 aromatic carbocycles. The van der Waals surface area contributed by atoms with Gasteiger partial charge in [0, 0.05) is 0 Å². The number of halogens is 9. The van der Waals surface area contributed by atoms with E-state index in [9.17, 15) is 69.3 Å². The summed E-state index contributed by atoms with van der Waals surface area (Å²) in [7, 11) is -28.3. The second-order valence-electron chi connectivity index (χ2n) is 3.73. The van der Waals surface area contributed by atoms with Crippen molar-refractivity contribution in [2.45, 2.75) is 16.5 Å². The predicted molar refractivity (Wildman–Crippen MR) is 61.9 cm³/mol. The van der Waals surface area contributed by atoms with Crippen molar-refractivity contribution in [1.29, 1.82) is 0 Å². The Morgan fingerprint density at radius 1 is 0.500 bits per heavy atom. The Hall–Kier alpha value is -0.670. The molecule has 0 bridgehead atoms. The Balaban J connectivity index is 6.37. The molecule has 0 aromatic rings. The van der Waals surface area contributed by atoms with Gasteiger partial charge in [-0.1, -0.05) is 0 Å². The molecule has 0 saturated carbocycles. The summed E-state index contributed by atoms with van der Waals surface area (Å²) < 4.78 is 184. The van der Waals surface area contributed by atoms with E-state index < -0.39 is 67.7 Å². The lowest BCUT2D eigenvalue weighted by Gasteiger charge is -2.22. The fraction of sp³-hybridized carbons (Fsp3) is 1.00. The van der Waals surface area contributed by atoms with Gasteiger partial charge in [-0.15, -0.1) is 13.5 Å². The lowest BCUT2D eigenvalue weighted by atomic mass is 11.6. The van der Waals surface area contributed by atoms with Crippen LogP contribution in [0.25, 0.3) is 0 Å². The second kappa shape index (κ2) is 6.74. The van der Waals surface area contributed by atoms with Crippen molar-refractivity contribution in [3.05, 3.63) is 0 Å². The van der Waals surface area contributed by atoms with Gasteiger partial charge in [0.1, 0.15) is 0 Å². The van der Waals surface area contributed by atoms with Crippen molar-refractivity contribution in [1.82, 2.24) is 13.5 Å². The summed E-state index contributed by atoms with van der Waals surface area (Å²) in [5.41, 5.74) is -19.6. The Morgan fingerprint density at radius 3 is 0.769 bits per heavy atom. The van der Waals surface area contributed by atoms with E-state index in [-0.39, 0.29) is 0 Å². The first-order valence-corrected chi connectivity index (χ1v) is 10.9. The number of nitrogens with one attached hydrogen (secondary N) is 3. The molecule has 0 fully saturated rings. The average Bonchev–Trinajstić information content (AvgIpc) is 2.19. The molecule has 0 aliphatic rings. The first-order chi connectivity index (χ1) is 10.9. The van der Waals surface area contributed by atoms with Crippen LogP contribution in [0, 0.1) is 0 Å². The molecule has 0 atom stereocenters. The van der Waals surface area contributed by atoms with Gasteiger partial charge in [0.15, 0.2) is 0 Å². The van der Waals surface area contributed by atoms with Crippen LogP contribution < -0.4 is 13.5 Å². The van der Waals surface area contributed by atoms with E-state index in [0.717, 1.165) is 0 Å². The normalized spacial score (nSPS) is 15.9. The number of hydrogen-bond acceptors (Lipinski definition) is 7. The van der Waals surface area contributed by atoms with Gasteiger partial charge in [0.05, 0.1) is 0 Å². The van der Waals surface area contributed by atoms with Crippen LogP contribution in [0.3, 0.4) is 0 Å². The summed E-state index contributed by atoms with van der Waals surface area (Å²) in [6.07, 6.45) is 0. The number of rotatable bonds is 6. The molecule has 23 heteroatoms. The maximum atomic E-state index is 12.1. The van der Waals surface area contributed by atoms with Gasteiger partial charge in [-0.25, -0.2) is 25.3 Å². The third-order valence-electron chi connectivity index (χ3n) is 1.66. The van der Waals surface area contributed by atoms with Crippen molar-refractivity contribution >= 4 is 37.7 Å². The van der Waals surface area contributed by atoms with Crippen LogP contribution in [0.15, 0.2) is 0 Å². The molecule has 0 unspecified atom stereocenters. The number of alkyl halides is 9. The molecule has 0 radical (unpaired) electrons. The summed E-state index contributed by atoms with van der Waals surface area (Å²) in [6, 6.07) is 0. The summed E-state index contributed by atoms with van der Waals surface area (Å²) in [4.78, 5) is 0. The highest BCUT2D eigenvalue weighted by atomic mass is 32.2. The van der Waals surface area contributed by atoms with Crippen molar-refractivity contribution in [2.75, 3.05) is 0 Å². The fourth-order valence-corrected chi connectivity index (χ4v) is 7.48. The van der Waals surface area contributed by atoms with Crippen molar-refractivity contribution in [3.8, 4) is 0 Å². The summed E-state index contributed by atoms with van der Waals surface area (Å²) in [6.45, 7) is 0. The van der Waals surface area contributed by atoms with Crippen LogP contribution in [0.4, 0.5) is 39.5 Å². The van der Waals surface area contributed by atoms with E-state index >= 15 is 0 Å². The summed E-state index contributed by atoms with van der Waals surface area (Å²) in [5.74, 6) is 0. The molecule has 0 aliphatic carbocycles. The van der Waals surface area contributed by atoms with Crippen LogP contribution >= 0.6 is 7.59 Å². The third-order valence-corrected chi connectivity index (χ3v) is 9.46. The molecule has 158 valence electrons. The minimum absolute atomic E-state index is 0.412. The van der Waals surface area contributed by atoms with Gasteiger partial charge in [-0.2, -0.15) is 39.5 Å². The van der Waals surface area contributed by atoms with Crippen LogP contribution in [0.5, 0.6) is 0 Å². The van der Waals surface area contributed by atoms with Crippen LogP contribution in [-0.2, 0) is 34.6 Å². The highest BCUT2D eigenvalue weighted by Crippen LogP contribution is 2.42. The van der Waals surface area contributed by atoms with E-state index in [2.05, 4.69) is 0 Å². The average molecular weight is 491 g/mol. The Kier molecular flexibility index (Phi) is 6.57. The lowest BCUT2D eigenvalue weighted by Crippen LogP contribution is -2.48. The molecular weight excluding hydrogens is 488 g/mol. The fourth-order valence-electron chi connectivity index (χ4n) is 0.719. The Labute approximate surface area is 137 Å². The van der Waals surface area contributed by atoms with E-state index in [4.69, 9.17) is 0 Å². The molecular formula is C3H3F9N3O7PS3. The lowest BCUT2D eigenvalue weighted by molar-refractivity contribution is -0.0443. The minimum Gasteiger partial charge on any atom is -0.268 e. The molecule has 0 rings (SSSR count). The van der Waals surface area contributed by atoms with Gasteiger partial charge >= 0.3 is 54.2 Å². The zero-order valence-electron chi connectivity index (χ0n) is 10.9. The second-order valence-corrected chi connectivity index (χ2v) is 11.5. The summed E-state index contributed by atoms with van der Waals surface area (Å²) >= 11 is 0. The SMILES string of the molecule is O=P(NS(=O)(=O)C(F)(F)F)(NS(=O)(=O)C(F)(F)F)NS(=O)(=O)C(F)(F)F. The first-order valence-electron chi connectivity index (χ1n) is 4.78. The van der Waals surface area contributed by atoms with Gasteiger partial charge in [-0.3, -0.25) is 4.57 Å². The Bertz CT molecular complexity index is 778. The van der Waals surface area contributed by atoms with E-state index in [1.165, 1.54) is 0 Å². The van der Waals surface area contributed by atoms with Crippen LogP contribution in [0.2, 0.25) is 0 Å². The minimum atomic E-state index is -7.09. The molecule has 26 heavy (non-hydrogen) atoms.